The molecule has 8 nitrogen and oxygen atoms in total. The summed E-state index contributed by atoms with van der Waals surface area (Å²) in [7, 11) is 3.13. The van der Waals surface area contributed by atoms with Gasteiger partial charge in [0.2, 0.25) is 0 Å². The van der Waals surface area contributed by atoms with Gasteiger partial charge in [-0.2, -0.15) is 0 Å². The summed E-state index contributed by atoms with van der Waals surface area (Å²) in [6.45, 7) is 2.33. The zero-order valence-corrected chi connectivity index (χ0v) is 14.7. The molecule has 0 fully saturated rings. The highest BCUT2D eigenvalue weighted by Crippen LogP contribution is 2.38. The molecular weight excluding hydrogens is 338 g/mol. The number of methoxy groups -OCH3 is 2. The first-order chi connectivity index (χ1) is 12.5. The number of fused-ring (bicyclic) bond motifs is 1. The van der Waals surface area contributed by atoms with Crippen LogP contribution in [-0.4, -0.2) is 52.6 Å². The maximum Gasteiger partial charge on any atom is 0.356 e. The minimum Gasteiger partial charge on any atom is -0.493 e. The fourth-order valence-electron chi connectivity index (χ4n) is 3.21. The highest BCUT2D eigenvalue weighted by molar-refractivity contribution is 6.02. The van der Waals surface area contributed by atoms with Crippen LogP contribution in [0.3, 0.4) is 0 Å². The van der Waals surface area contributed by atoms with Crippen molar-refractivity contribution in [2.24, 2.45) is 0 Å². The summed E-state index contributed by atoms with van der Waals surface area (Å²) in [6.07, 6.45) is 3.19. The predicted molar refractivity (Wildman–Crippen MR) is 91.7 cm³/mol. The molecule has 0 bridgehead atoms. The van der Waals surface area contributed by atoms with E-state index in [1.165, 1.54) is 12.4 Å². The Labute approximate surface area is 150 Å². The van der Waals surface area contributed by atoms with Crippen molar-refractivity contribution in [3.63, 3.8) is 0 Å². The molecule has 0 aliphatic carbocycles. The third kappa shape index (κ3) is 2.94. The lowest BCUT2D eigenvalue weighted by molar-refractivity contribution is 0.0633. The summed E-state index contributed by atoms with van der Waals surface area (Å²) in [6, 6.07) is 3.50. The van der Waals surface area contributed by atoms with E-state index in [0.29, 0.717) is 24.5 Å². The van der Waals surface area contributed by atoms with E-state index in [0.717, 1.165) is 11.1 Å². The number of nitrogens with zero attached hydrogens (tertiary/aromatic N) is 3. The van der Waals surface area contributed by atoms with Gasteiger partial charge in [-0.1, -0.05) is 0 Å². The molecule has 1 atom stereocenters. The van der Waals surface area contributed by atoms with Crippen molar-refractivity contribution in [2.75, 3.05) is 20.8 Å². The number of carbonyl (C=O) groups excluding carboxylic acids is 1. The highest BCUT2D eigenvalue weighted by atomic mass is 16.5. The standard InChI is InChI=1S/C18H19N3O5/c1-10-12-9-14(26-3)13(25-2)8-11(12)4-7-21(10)17(22)15-16(18(23)24)20-6-5-19-15/h5-6,8-10H,4,7H2,1-3H3,(H,23,24)/t10-/m1/s1. The first kappa shape index (κ1) is 17.7. The molecule has 1 aliphatic rings. The number of benzene rings is 1. The molecule has 3 rings (SSSR count). The Bertz CT molecular complexity index is 868. The van der Waals surface area contributed by atoms with Gasteiger partial charge in [-0.05, 0) is 36.6 Å². The maximum absolute atomic E-state index is 12.9. The van der Waals surface area contributed by atoms with E-state index in [9.17, 15) is 14.7 Å². The lowest BCUT2D eigenvalue weighted by atomic mass is 9.92. The average molecular weight is 357 g/mol. The summed E-state index contributed by atoms with van der Waals surface area (Å²) in [4.78, 5) is 33.6. The quantitative estimate of drug-likeness (QED) is 0.892. The lowest BCUT2D eigenvalue weighted by Gasteiger charge is -2.35. The number of amides is 1. The van der Waals surface area contributed by atoms with E-state index in [1.807, 2.05) is 19.1 Å². The molecule has 26 heavy (non-hydrogen) atoms. The van der Waals surface area contributed by atoms with Crippen LogP contribution >= 0.6 is 0 Å². The molecule has 1 amide bonds. The number of ether oxygens (including phenoxy) is 2. The van der Waals surface area contributed by atoms with Crippen molar-refractivity contribution >= 4 is 11.9 Å². The van der Waals surface area contributed by atoms with E-state index >= 15 is 0 Å². The SMILES string of the molecule is COc1cc2c(cc1OC)[C@@H](C)N(C(=O)c1nccnc1C(=O)O)CC2. The fourth-order valence-corrected chi connectivity index (χ4v) is 3.21. The van der Waals surface area contributed by atoms with Crippen LogP contribution in [0.2, 0.25) is 0 Å². The number of carbonyl (C=O) groups is 2. The second-order valence-electron chi connectivity index (χ2n) is 5.89. The van der Waals surface area contributed by atoms with Crippen molar-refractivity contribution in [3.05, 3.63) is 47.0 Å². The summed E-state index contributed by atoms with van der Waals surface area (Å²) < 4.78 is 10.7. The Hall–Kier alpha value is -3.16. The molecule has 136 valence electrons. The molecule has 1 aromatic heterocycles. The van der Waals surface area contributed by atoms with Crippen molar-refractivity contribution in [1.82, 2.24) is 14.9 Å². The molecule has 0 unspecified atom stereocenters. The molecule has 2 heterocycles. The van der Waals surface area contributed by atoms with Crippen molar-refractivity contribution in [3.8, 4) is 11.5 Å². The molecule has 0 radical (unpaired) electrons. The van der Waals surface area contributed by atoms with Gasteiger partial charge >= 0.3 is 5.97 Å². The Kier molecular flexibility index (Phi) is 4.75. The fraction of sp³-hybridized carbons (Fsp3) is 0.333. The normalized spacial score (nSPS) is 16.0. The van der Waals surface area contributed by atoms with Crippen LogP contribution in [0.4, 0.5) is 0 Å². The first-order valence-electron chi connectivity index (χ1n) is 8.08. The third-order valence-corrected chi connectivity index (χ3v) is 4.55. The lowest BCUT2D eigenvalue weighted by Crippen LogP contribution is -2.40. The Morgan fingerprint density at radius 1 is 1.12 bits per heavy atom. The number of hydrogen-bond donors (Lipinski definition) is 1. The summed E-state index contributed by atoms with van der Waals surface area (Å²) in [5.41, 5.74) is 1.50. The van der Waals surface area contributed by atoms with Gasteiger partial charge in [0, 0.05) is 18.9 Å². The molecule has 1 N–H and O–H groups in total. The van der Waals surface area contributed by atoms with Crippen LogP contribution in [0.5, 0.6) is 11.5 Å². The largest absolute Gasteiger partial charge is 0.493 e. The first-order valence-corrected chi connectivity index (χ1v) is 8.08. The summed E-state index contributed by atoms with van der Waals surface area (Å²) in [5, 5.41) is 9.26. The zero-order chi connectivity index (χ0) is 18.8. The smallest absolute Gasteiger partial charge is 0.356 e. The molecule has 0 saturated heterocycles. The monoisotopic (exact) mass is 357 g/mol. The van der Waals surface area contributed by atoms with E-state index in [4.69, 9.17) is 9.47 Å². The molecule has 0 spiro atoms. The van der Waals surface area contributed by atoms with Gasteiger partial charge in [0.15, 0.2) is 22.9 Å². The van der Waals surface area contributed by atoms with Crippen molar-refractivity contribution < 1.29 is 24.2 Å². The number of carboxylic acids is 1. The van der Waals surface area contributed by atoms with Gasteiger partial charge in [0.1, 0.15) is 0 Å². The molecule has 1 aromatic carbocycles. The number of aromatic nitrogens is 2. The topological polar surface area (TPSA) is 102 Å². The second-order valence-corrected chi connectivity index (χ2v) is 5.89. The highest BCUT2D eigenvalue weighted by Gasteiger charge is 2.32. The second kappa shape index (κ2) is 6.99. The third-order valence-electron chi connectivity index (χ3n) is 4.55. The zero-order valence-electron chi connectivity index (χ0n) is 14.7. The van der Waals surface area contributed by atoms with Gasteiger partial charge in [-0.25, -0.2) is 14.8 Å². The maximum atomic E-state index is 12.9. The van der Waals surface area contributed by atoms with Crippen molar-refractivity contribution in [2.45, 2.75) is 19.4 Å². The van der Waals surface area contributed by atoms with Gasteiger partial charge in [0.25, 0.3) is 5.91 Å². The van der Waals surface area contributed by atoms with Crippen LogP contribution in [0.25, 0.3) is 0 Å². The van der Waals surface area contributed by atoms with Crippen LogP contribution in [-0.2, 0) is 6.42 Å². The van der Waals surface area contributed by atoms with Crippen LogP contribution < -0.4 is 9.47 Å². The van der Waals surface area contributed by atoms with E-state index in [1.54, 1.807) is 19.1 Å². The Balaban J connectivity index is 1.98. The number of carboxylic acid groups (broad SMARTS) is 1. The van der Waals surface area contributed by atoms with E-state index in [-0.39, 0.29) is 17.4 Å². The molecule has 8 heteroatoms. The van der Waals surface area contributed by atoms with Crippen LogP contribution in [0.1, 0.15) is 45.1 Å². The van der Waals surface area contributed by atoms with Gasteiger partial charge in [0.05, 0.1) is 20.3 Å². The molecule has 1 aliphatic heterocycles. The minimum atomic E-state index is -1.28. The summed E-state index contributed by atoms with van der Waals surface area (Å²) in [5.74, 6) is -0.514. The van der Waals surface area contributed by atoms with Gasteiger partial charge in [-0.3, -0.25) is 4.79 Å². The number of rotatable bonds is 4. The molecular formula is C18H19N3O5. The minimum absolute atomic E-state index is 0.157. The van der Waals surface area contributed by atoms with Crippen LogP contribution in [0, 0.1) is 0 Å². The Morgan fingerprint density at radius 3 is 2.35 bits per heavy atom. The summed E-state index contributed by atoms with van der Waals surface area (Å²) >= 11 is 0. The molecule has 2 aromatic rings. The number of hydrogen-bond acceptors (Lipinski definition) is 6. The number of aromatic carboxylic acids is 1. The average Bonchev–Trinajstić information content (AvgIpc) is 2.66. The molecule has 0 saturated carbocycles. The van der Waals surface area contributed by atoms with Crippen molar-refractivity contribution in [1.29, 1.82) is 0 Å². The van der Waals surface area contributed by atoms with E-state index in [2.05, 4.69) is 9.97 Å². The Morgan fingerprint density at radius 2 is 1.73 bits per heavy atom. The van der Waals surface area contributed by atoms with Crippen LogP contribution in [0.15, 0.2) is 24.5 Å². The van der Waals surface area contributed by atoms with E-state index < -0.39 is 11.9 Å². The van der Waals surface area contributed by atoms with Gasteiger partial charge in [-0.15, -0.1) is 0 Å². The van der Waals surface area contributed by atoms with Gasteiger partial charge < -0.3 is 19.5 Å². The predicted octanol–water partition coefficient (Wildman–Crippen LogP) is 1.95.